The van der Waals surface area contributed by atoms with Gasteiger partial charge in [0.25, 0.3) is 0 Å². The molecular weight excluding hydrogens is 226 g/mol. The molecular formula is C11H12ClN3O. The average Bonchev–Trinajstić information content (AvgIpc) is 2.59. The fourth-order valence-electron chi connectivity index (χ4n) is 1.48. The number of rotatable bonds is 2. The molecule has 0 saturated heterocycles. The van der Waals surface area contributed by atoms with Gasteiger partial charge in [0.05, 0.1) is 17.8 Å². The van der Waals surface area contributed by atoms with Crippen LogP contribution in [-0.4, -0.2) is 16.9 Å². The molecule has 16 heavy (non-hydrogen) atoms. The van der Waals surface area contributed by atoms with Gasteiger partial charge in [0.2, 0.25) is 0 Å². The lowest BCUT2D eigenvalue weighted by molar-refractivity contribution is 0.415. The highest BCUT2D eigenvalue weighted by molar-refractivity contribution is 6.34. The van der Waals surface area contributed by atoms with Crippen molar-refractivity contribution in [3.05, 3.63) is 29.3 Å². The maximum Gasteiger partial charge on any atom is 0.138 e. The van der Waals surface area contributed by atoms with Crippen LogP contribution in [-0.2, 0) is 7.05 Å². The number of nitrogens with two attached hydrogens (primary N) is 1. The van der Waals surface area contributed by atoms with Crippen molar-refractivity contribution >= 4 is 17.4 Å². The Labute approximate surface area is 98.6 Å². The lowest BCUT2D eigenvalue weighted by Gasteiger charge is -2.05. The summed E-state index contributed by atoms with van der Waals surface area (Å²) < 4.78 is 6.75. The van der Waals surface area contributed by atoms with E-state index in [-0.39, 0.29) is 0 Å². The number of benzene rings is 1. The van der Waals surface area contributed by atoms with Gasteiger partial charge in [-0.2, -0.15) is 5.10 Å². The van der Waals surface area contributed by atoms with Crippen LogP contribution in [0.5, 0.6) is 5.75 Å². The highest BCUT2D eigenvalue weighted by Crippen LogP contribution is 2.34. The summed E-state index contributed by atoms with van der Waals surface area (Å²) in [6.45, 7) is 0. The normalized spacial score (nSPS) is 10.4. The third-order valence-electron chi connectivity index (χ3n) is 2.38. The smallest absolute Gasteiger partial charge is 0.138 e. The van der Waals surface area contributed by atoms with Crippen LogP contribution in [0.25, 0.3) is 11.3 Å². The highest BCUT2D eigenvalue weighted by atomic mass is 35.5. The second-order valence-corrected chi connectivity index (χ2v) is 3.78. The molecule has 0 fully saturated rings. The minimum absolute atomic E-state index is 0.545. The third kappa shape index (κ3) is 1.72. The van der Waals surface area contributed by atoms with Gasteiger partial charge in [-0.15, -0.1) is 0 Å². The molecule has 1 heterocycles. The van der Waals surface area contributed by atoms with Crippen LogP contribution in [0.15, 0.2) is 24.3 Å². The monoisotopic (exact) mass is 237 g/mol. The molecule has 0 aliphatic carbocycles. The Morgan fingerprint density at radius 1 is 1.44 bits per heavy atom. The van der Waals surface area contributed by atoms with E-state index in [0.717, 1.165) is 11.3 Å². The van der Waals surface area contributed by atoms with Crippen molar-refractivity contribution in [3.8, 4) is 17.0 Å². The summed E-state index contributed by atoms with van der Waals surface area (Å²) in [4.78, 5) is 0. The molecule has 2 N–H and O–H groups in total. The minimum Gasteiger partial charge on any atom is -0.495 e. The van der Waals surface area contributed by atoms with Crippen LogP contribution in [0, 0.1) is 0 Å². The molecule has 1 aromatic carbocycles. The second-order valence-electron chi connectivity index (χ2n) is 3.40. The van der Waals surface area contributed by atoms with Gasteiger partial charge < -0.3 is 10.5 Å². The van der Waals surface area contributed by atoms with E-state index in [9.17, 15) is 0 Å². The number of anilines is 1. The molecule has 0 saturated carbocycles. The molecule has 2 rings (SSSR count). The van der Waals surface area contributed by atoms with Crippen LogP contribution in [0.1, 0.15) is 0 Å². The highest BCUT2D eigenvalue weighted by Gasteiger charge is 2.11. The zero-order chi connectivity index (χ0) is 11.7. The van der Waals surface area contributed by atoms with Crippen LogP contribution in [0.2, 0.25) is 5.02 Å². The summed E-state index contributed by atoms with van der Waals surface area (Å²) in [5, 5.41) is 4.81. The maximum absolute atomic E-state index is 6.19. The van der Waals surface area contributed by atoms with Crippen molar-refractivity contribution in [1.82, 2.24) is 9.78 Å². The van der Waals surface area contributed by atoms with Crippen LogP contribution in [0.4, 0.5) is 5.82 Å². The first-order valence-electron chi connectivity index (χ1n) is 4.76. The van der Waals surface area contributed by atoms with E-state index in [2.05, 4.69) is 5.10 Å². The quantitative estimate of drug-likeness (QED) is 0.872. The van der Waals surface area contributed by atoms with Crippen LogP contribution in [0.3, 0.4) is 0 Å². The molecule has 0 radical (unpaired) electrons. The Morgan fingerprint density at radius 2 is 2.19 bits per heavy atom. The molecule has 0 amide bonds. The molecule has 84 valence electrons. The molecule has 0 aliphatic rings. The lowest BCUT2D eigenvalue weighted by Crippen LogP contribution is -1.96. The first kappa shape index (κ1) is 10.8. The Morgan fingerprint density at radius 3 is 2.75 bits per heavy atom. The average molecular weight is 238 g/mol. The number of nitrogen functional groups attached to an aromatic ring is 1. The summed E-state index contributed by atoms with van der Waals surface area (Å²) in [7, 11) is 3.37. The van der Waals surface area contributed by atoms with E-state index in [4.69, 9.17) is 22.1 Å². The number of hydrogen-bond acceptors (Lipinski definition) is 3. The van der Waals surface area contributed by atoms with Gasteiger partial charge in [-0.05, 0) is 6.07 Å². The largest absolute Gasteiger partial charge is 0.495 e. The van der Waals surface area contributed by atoms with E-state index in [0.29, 0.717) is 16.6 Å². The van der Waals surface area contributed by atoms with Gasteiger partial charge in [-0.25, -0.2) is 0 Å². The van der Waals surface area contributed by atoms with Crippen molar-refractivity contribution in [2.45, 2.75) is 0 Å². The van der Waals surface area contributed by atoms with Gasteiger partial charge in [0.1, 0.15) is 11.6 Å². The number of methoxy groups -OCH3 is 1. The summed E-state index contributed by atoms with van der Waals surface area (Å²) in [6.07, 6.45) is 0. The van der Waals surface area contributed by atoms with E-state index < -0.39 is 0 Å². The summed E-state index contributed by atoms with van der Waals surface area (Å²) >= 11 is 6.19. The predicted molar refractivity (Wildman–Crippen MR) is 64.6 cm³/mol. The zero-order valence-electron chi connectivity index (χ0n) is 9.07. The van der Waals surface area contributed by atoms with E-state index >= 15 is 0 Å². The van der Waals surface area contributed by atoms with Crippen LogP contribution < -0.4 is 10.5 Å². The molecule has 2 aromatic rings. The van der Waals surface area contributed by atoms with Gasteiger partial charge in [0.15, 0.2) is 0 Å². The Kier molecular flexibility index (Phi) is 2.75. The standard InChI is InChI=1S/C11H12ClN3O/c1-15-10(13)6-8(14-15)7-4-3-5-9(16-2)11(7)12/h3-6H,13H2,1-2H3. The Balaban J connectivity index is 2.55. The first-order chi connectivity index (χ1) is 7.63. The molecule has 0 aliphatic heterocycles. The van der Waals surface area contributed by atoms with Crippen LogP contribution >= 0.6 is 11.6 Å². The van der Waals surface area contributed by atoms with Gasteiger partial charge in [-0.1, -0.05) is 23.7 Å². The van der Waals surface area contributed by atoms with Crippen molar-refractivity contribution < 1.29 is 4.74 Å². The molecule has 0 spiro atoms. The van der Waals surface area contributed by atoms with Gasteiger partial charge >= 0.3 is 0 Å². The molecule has 0 bridgehead atoms. The third-order valence-corrected chi connectivity index (χ3v) is 2.77. The lowest BCUT2D eigenvalue weighted by atomic mass is 10.1. The van der Waals surface area contributed by atoms with Gasteiger partial charge in [0, 0.05) is 18.7 Å². The van der Waals surface area contributed by atoms with Crippen molar-refractivity contribution in [2.24, 2.45) is 7.05 Å². The Hall–Kier alpha value is -1.68. The summed E-state index contributed by atoms with van der Waals surface area (Å²) in [6, 6.07) is 7.33. The van der Waals surface area contributed by atoms with Crippen molar-refractivity contribution in [1.29, 1.82) is 0 Å². The molecule has 0 unspecified atom stereocenters. The number of hydrogen-bond donors (Lipinski definition) is 1. The topological polar surface area (TPSA) is 53.1 Å². The fraction of sp³-hybridized carbons (Fsp3) is 0.182. The number of ether oxygens (including phenoxy) is 1. The number of aromatic nitrogens is 2. The molecule has 1 aromatic heterocycles. The SMILES string of the molecule is COc1cccc(-c2cc(N)n(C)n2)c1Cl. The minimum atomic E-state index is 0.545. The maximum atomic E-state index is 6.19. The molecule has 5 heteroatoms. The van der Waals surface area contributed by atoms with Gasteiger partial charge in [-0.3, -0.25) is 4.68 Å². The fourth-order valence-corrected chi connectivity index (χ4v) is 1.78. The van der Waals surface area contributed by atoms with E-state index in [1.54, 1.807) is 31.0 Å². The summed E-state index contributed by atoms with van der Waals surface area (Å²) in [5.74, 6) is 1.22. The predicted octanol–water partition coefficient (Wildman–Crippen LogP) is 2.33. The van der Waals surface area contributed by atoms with Crippen molar-refractivity contribution in [2.75, 3.05) is 12.8 Å². The molecule has 4 nitrogen and oxygen atoms in total. The number of aryl methyl sites for hydroxylation is 1. The number of nitrogens with zero attached hydrogens (tertiary/aromatic N) is 2. The summed E-state index contributed by atoms with van der Waals surface area (Å²) in [5.41, 5.74) is 7.28. The Bertz CT molecular complexity index is 502. The molecule has 0 atom stereocenters. The number of halogens is 1. The first-order valence-corrected chi connectivity index (χ1v) is 5.13. The van der Waals surface area contributed by atoms with E-state index in [1.165, 1.54) is 0 Å². The van der Waals surface area contributed by atoms with Crippen molar-refractivity contribution in [3.63, 3.8) is 0 Å². The van der Waals surface area contributed by atoms with E-state index in [1.807, 2.05) is 12.1 Å². The second kappa shape index (κ2) is 4.06. The zero-order valence-corrected chi connectivity index (χ0v) is 9.82.